The Hall–Kier alpha value is -0.750. The first-order valence-electron chi connectivity index (χ1n) is 6.28. The molecule has 1 atom stereocenters. The molecular formula is C16H21Cl. The van der Waals surface area contributed by atoms with Crippen LogP contribution < -0.4 is 0 Å². The highest BCUT2D eigenvalue weighted by molar-refractivity contribution is 6.30. The maximum Gasteiger partial charge on any atom is 0.0406 e. The Morgan fingerprint density at radius 1 is 1.12 bits per heavy atom. The third-order valence-electron chi connectivity index (χ3n) is 4.35. The van der Waals surface area contributed by atoms with Crippen LogP contribution in [0.25, 0.3) is 0 Å². The van der Waals surface area contributed by atoms with Crippen LogP contribution in [0.4, 0.5) is 0 Å². The van der Waals surface area contributed by atoms with Crippen molar-refractivity contribution in [3.63, 3.8) is 0 Å². The largest absolute Gasteiger partial charge is 0.0988 e. The minimum Gasteiger partial charge on any atom is -0.0988 e. The second-order valence-corrected chi connectivity index (χ2v) is 6.66. The van der Waals surface area contributed by atoms with E-state index in [1.54, 1.807) is 0 Å². The minimum absolute atomic E-state index is 0.247. The molecule has 2 rings (SSSR count). The van der Waals surface area contributed by atoms with Crippen molar-refractivity contribution in [1.29, 1.82) is 0 Å². The number of allylic oxidation sites excluding steroid dienone is 1. The molecule has 0 N–H and O–H groups in total. The van der Waals surface area contributed by atoms with Gasteiger partial charge in [-0.2, -0.15) is 0 Å². The van der Waals surface area contributed by atoms with Gasteiger partial charge in [0, 0.05) is 5.02 Å². The molecule has 1 aromatic carbocycles. The van der Waals surface area contributed by atoms with E-state index in [1.807, 2.05) is 12.1 Å². The molecule has 1 unspecified atom stereocenters. The van der Waals surface area contributed by atoms with Crippen molar-refractivity contribution in [2.45, 2.75) is 40.0 Å². The lowest BCUT2D eigenvalue weighted by Gasteiger charge is -2.30. The molecule has 1 aliphatic carbocycles. The van der Waals surface area contributed by atoms with E-state index in [4.69, 9.17) is 11.6 Å². The molecule has 0 aromatic heterocycles. The summed E-state index contributed by atoms with van der Waals surface area (Å²) in [6.45, 7) is 11.3. The molecule has 1 fully saturated rings. The first-order chi connectivity index (χ1) is 7.83. The normalized spacial score (nSPS) is 27.4. The molecule has 0 spiro atoms. The lowest BCUT2D eigenvalue weighted by molar-refractivity contribution is 0.402. The van der Waals surface area contributed by atoms with Gasteiger partial charge in [0.2, 0.25) is 0 Å². The summed E-state index contributed by atoms with van der Waals surface area (Å²) in [5.41, 5.74) is 3.30. The van der Waals surface area contributed by atoms with E-state index in [1.165, 1.54) is 24.0 Å². The quantitative estimate of drug-likeness (QED) is 0.626. The fraction of sp³-hybridized carbons (Fsp3) is 0.500. The maximum atomic E-state index is 5.92. The van der Waals surface area contributed by atoms with Crippen LogP contribution in [-0.4, -0.2) is 0 Å². The topological polar surface area (TPSA) is 0 Å². The highest BCUT2D eigenvalue weighted by Crippen LogP contribution is 2.54. The van der Waals surface area contributed by atoms with Crippen LogP contribution in [-0.2, 0) is 6.42 Å². The first kappa shape index (κ1) is 12.7. The van der Waals surface area contributed by atoms with Crippen LogP contribution in [0.3, 0.4) is 0 Å². The molecule has 0 heterocycles. The van der Waals surface area contributed by atoms with E-state index in [0.29, 0.717) is 5.41 Å². The van der Waals surface area contributed by atoms with Gasteiger partial charge in [0.05, 0.1) is 0 Å². The number of hydrogen-bond acceptors (Lipinski definition) is 0. The van der Waals surface area contributed by atoms with Gasteiger partial charge in [-0.25, -0.2) is 0 Å². The zero-order valence-corrected chi connectivity index (χ0v) is 11.8. The van der Waals surface area contributed by atoms with Crippen molar-refractivity contribution in [1.82, 2.24) is 0 Å². The summed E-state index contributed by atoms with van der Waals surface area (Å²) < 4.78 is 0. The predicted molar refractivity (Wildman–Crippen MR) is 75.4 cm³/mol. The Balaban J connectivity index is 2.19. The number of rotatable bonds is 2. The van der Waals surface area contributed by atoms with Gasteiger partial charge in [-0.1, -0.05) is 56.7 Å². The van der Waals surface area contributed by atoms with Crippen molar-refractivity contribution in [2.24, 2.45) is 10.8 Å². The number of halogens is 1. The molecule has 1 aromatic rings. The third-order valence-corrected chi connectivity index (χ3v) is 4.61. The molecule has 0 radical (unpaired) electrons. The SMILES string of the molecule is C=C1C(C)(C)CCC1(C)Cc1ccc(Cl)cc1. The highest BCUT2D eigenvalue weighted by atomic mass is 35.5. The second-order valence-electron chi connectivity index (χ2n) is 6.23. The van der Waals surface area contributed by atoms with Gasteiger partial charge < -0.3 is 0 Å². The maximum absolute atomic E-state index is 5.92. The Morgan fingerprint density at radius 3 is 2.18 bits per heavy atom. The number of benzene rings is 1. The van der Waals surface area contributed by atoms with Gasteiger partial charge in [0.15, 0.2) is 0 Å². The van der Waals surface area contributed by atoms with E-state index in [9.17, 15) is 0 Å². The zero-order chi connectivity index (χ0) is 12.7. The third kappa shape index (κ3) is 2.42. The Morgan fingerprint density at radius 2 is 1.71 bits per heavy atom. The molecule has 1 saturated carbocycles. The van der Waals surface area contributed by atoms with Crippen LogP contribution in [0.15, 0.2) is 36.4 Å². The van der Waals surface area contributed by atoms with Gasteiger partial charge >= 0.3 is 0 Å². The Bertz CT molecular complexity index is 427. The van der Waals surface area contributed by atoms with Crippen molar-refractivity contribution >= 4 is 11.6 Å². The van der Waals surface area contributed by atoms with E-state index in [0.717, 1.165) is 11.4 Å². The molecule has 17 heavy (non-hydrogen) atoms. The molecule has 0 bridgehead atoms. The van der Waals surface area contributed by atoms with Gasteiger partial charge in [-0.15, -0.1) is 0 Å². The van der Waals surface area contributed by atoms with Gasteiger partial charge in [-0.3, -0.25) is 0 Å². The standard InChI is InChI=1S/C16H21Cl/c1-12-15(2,3)9-10-16(12,4)11-13-5-7-14(17)8-6-13/h5-8H,1,9-11H2,2-4H3. The summed E-state index contributed by atoms with van der Waals surface area (Å²) in [5, 5.41) is 0.810. The minimum atomic E-state index is 0.247. The van der Waals surface area contributed by atoms with Crippen LogP contribution in [0, 0.1) is 10.8 Å². The van der Waals surface area contributed by atoms with Crippen molar-refractivity contribution in [2.75, 3.05) is 0 Å². The van der Waals surface area contributed by atoms with Crippen LogP contribution >= 0.6 is 11.6 Å². The average molecular weight is 249 g/mol. The molecule has 0 aliphatic heterocycles. The predicted octanol–water partition coefficient (Wildman–Crippen LogP) is 5.27. The lowest BCUT2D eigenvalue weighted by atomic mass is 9.75. The van der Waals surface area contributed by atoms with E-state index >= 15 is 0 Å². The van der Waals surface area contributed by atoms with E-state index < -0.39 is 0 Å². The second kappa shape index (κ2) is 4.17. The molecule has 1 aliphatic rings. The first-order valence-corrected chi connectivity index (χ1v) is 6.66. The van der Waals surface area contributed by atoms with Crippen LogP contribution in [0.2, 0.25) is 5.02 Å². The fourth-order valence-corrected chi connectivity index (χ4v) is 3.08. The smallest absolute Gasteiger partial charge is 0.0406 e. The Kier molecular flexibility index (Phi) is 3.12. The summed E-state index contributed by atoms with van der Waals surface area (Å²) in [5.74, 6) is 0. The van der Waals surface area contributed by atoms with Crippen molar-refractivity contribution < 1.29 is 0 Å². The zero-order valence-electron chi connectivity index (χ0n) is 11.0. The highest BCUT2D eigenvalue weighted by Gasteiger charge is 2.43. The summed E-state index contributed by atoms with van der Waals surface area (Å²) in [6, 6.07) is 8.21. The molecule has 0 nitrogen and oxygen atoms in total. The lowest BCUT2D eigenvalue weighted by Crippen LogP contribution is -2.21. The molecular weight excluding hydrogens is 228 g/mol. The average Bonchev–Trinajstić information content (AvgIpc) is 2.47. The van der Waals surface area contributed by atoms with Crippen molar-refractivity contribution in [3.05, 3.63) is 47.0 Å². The molecule has 0 amide bonds. The van der Waals surface area contributed by atoms with Gasteiger partial charge in [0.25, 0.3) is 0 Å². The summed E-state index contributed by atoms with van der Waals surface area (Å²) >= 11 is 5.92. The molecule has 0 saturated heterocycles. The summed E-state index contributed by atoms with van der Waals surface area (Å²) in [4.78, 5) is 0. The fourth-order valence-electron chi connectivity index (χ4n) is 2.95. The van der Waals surface area contributed by atoms with Crippen molar-refractivity contribution in [3.8, 4) is 0 Å². The van der Waals surface area contributed by atoms with E-state index in [2.05, 4.69) is 39.5 Å². The summed E-state index contributed by atoms with van der Waals surface area (Å²) in [7, 11) is 0. The Labute approximate surface area is 110 Å². The number of hydrogen-bond donors (Lipinski definition) is 0. The van der Waals surface area contributed by atoms with Crippen LogP contribution in [0.5, 0.6) is 0 Å². The molecule has 92 valence electrons. The molecule has 1 heteroatoms. The van der Waals surface area contributed by atoms with Gasteiger partial charge in [0.1, 0.15) is 0 Å². The van der Waals surface area contributed by atoms with Gasteiger partial charge in [-0.05, 0) is 47.8 Å². The van der Waals surface area contributed by atoms with E-state index in [-0.39, 0.29) is 5.41 Å². The summed E-state index contributed by atoms with van der Waals surface area (Å²) in [6.07, 6.45) is 3.56. The van der Waals surface area contributed by atoms with Crippen LogP contribution in [0.1, 0.15) is 39.2 Å². The monoisotopic (exact) mass is 248 g/mol.